The maximum Gasteiger partial charge on any atom is 0.150 e. The maximum atomic E-state index is 10.8. The molecule has 0 aromatic heterocycles. The first-order chi connectivity index (χ1) is 8.71. The van der Waals surface area contributed by atoms with Gasteiger partial charge >= 0.3 is 0 Å². The molecule has 0 saturated heterocycles. The molecule has 90 valence electrons. The average molecular weight is 239 g/mol. The normalized spacial score (nSPS) is 9.83. The molecule has 2 rings (SSSR count). The largest absolute Gasteiger partial charge is 0.355 e. The molecule has 0 aliphatic rings. The molecule has 0 radical (unpaired) electrons. The van der Waals surface area contributed by atoms with Crippen molar-refractivity contribution in [2.75, 3.05) is 5.32 Å². The Morgan fingerprint density at radius 3 is 1.89 bits per heavy atom. The number of rotatable bonds is 4. The van der Waals surface area contributed by atoms with Crippen LogP contribution in [0.4, 0.5) is 11.4 Å². The van der Waals surface area contributed by atoms with Gasteiger partial charge in [-0.1, -0.05) is 17.7 Å². The molecule has 18 heavy (non-hydrogen) atoms. The third-order valence-corrected chi connectivity index (χ3v) is 2.59. The van der Waals surface area contributed by atoms with Crippen molar-refractivity contribution in [1.82, 2.24) is 0 Å². The van der Waals surface area contributed by atoms with E-state index in [-0.39, 0.29) is 0 Å². The molecular weight excluding hydrogens is 226 g/mol. The Morgan fingerprint density at radius 2 is 1.39 bits per heavy atom. The van der Waals surface area contributed by atoms with Gasteiger partial charge in [0, 0.05) is 22.5 Å². The number of aryl methyl sites for hydroxylation is 1. The SMILES string of the molecule is Cc1ccc(Nc2cc(C=O)cc(C=O)c2)cc1. The van der Waals surface area contributed by atoms with E-state index >= 15 is 0 Å². The van der Waals surface area contributed by atoms with E-state index < -0.39 is 0 Å². The molecule has 0 aliphatic heterocycles. The van der Waals surface area contributed by atoms with E-state index in [9.17, 15) is 9.59 Å². The van der Waals surface area contributed by atoms with Gasteiger partial charge in [-0.05, 0) is 37.3 Å². The number of nitrogens with one attached hydrogen (secondary N) is 1. The summed E-state index contributed by atoms with van der Waals surface area (Å²) in [6.45, 7) is 2.02. The molecule has 0 heterocycles. The molecule has 3 nitrogen and oxygen atoms in total. The molecule has 0 spiro atoms. The average Bonchev–Trinajstić information content (AvgIpc) is 2.41. The van der Waals surface area contributed by atoms with Crippen LogP contribution in [-0.2, 0) is 0 Å². The van der Waals surface area contributed by atoms with Crippen molar-refractivity contribution in [2.24, 2.45) is 0 Å². The van der Waals surface area contributed by atoms with Gasteiger partial charge in [0.15, 0.2) is 0 Å². The second-order valence-corrected chi connectivity index (χ2v) is 4.12. The van der Waals surface area contributed by atoms with E-state index in [1.54, 1.807) is 18.2 Å². The summed E-state index contributed by atoms with van der Waals surface area (Å²) in [5.41, 5.74) is 3.78. The lowest BCUT2D eigenvalue weighted by molar-refractivity contribution is 0.112. The van der Waals surface area contributed by atoms with E-state index in [4.69, 9.17) is 0 Å². The summed E-state index contributed by atoms with van der Waals surface area (Å²) in [5, 5.41) is 3.16. The fraction of sp³-hybridized carbons (Fsp3) is 0.0667. The van der Waals surface area contributed by atoms with Gasteiger partial charge in [-0.15, -0.1) is 0 Å². The highest BCUT2D eigenvalue weighted by Gasteiger charge is 2.00. The fourth-order valence-electron chi connectivity index (χ4n) is 1.69. The van der Waals surface area contributed by atoms with E-state index in [1.165, 1.54) is 5.56 Å². The third-order valence-electron chi connectivity index (χ3n) is 2.59. The molecule has 0 aliphatic carbocycles. The zero-order valence-electron chi connectivity index (χ0n) is 10.0. The van der Waals surface area contributed by atoms with Crippen molar-refractivity contribution in [3.05, 3.63) is 59.2 Å². The highest BCUT2D eigenvalue weighted by molar-refractivity contribution is 5.85. The van der Waals surface area contributed by atoms with Crippen molar-refractivity contribution in [3.8, 4) is 0 Å². The number of carbonyl (C=O) groups excluding carboxylic acids is 2. The summed E-state index contributed by atoms with van der Waals surface area (Å²) in [6, 6.07) is 12.9. The van der Waals surface area contributed by atoms with Crippen molar-refractivity contribution in [3.63, 3.8) is 0 Å². The van der Waals surface area contributed by atoms with Gasteiger partial charge in [-0.2, -0.15) is 0 Å². The van der Waals surface area contributed by atoms with Crippen LogP contribution in [0.25, 0.3) is 0 Å². The van der Waals surface area contributed by atoms with Crippen molar-refractivity contribution in [1.29, 1.82) is 0 Å². The third kappa shape index (κ3) is 2.83. The minimum Gasteiger partial charge on any atom is -0.355 e. The van der Waals surface area contributed by atoms with Crippen LogP contribution in [0, 0.1) is 6.92 Å². The predicted molar refractivity (Wildman–Crippen MR) is 71.7 cm³/mol. The van der Waals surface area contributed by atoms with Crippen LogP contribution in [0.2, 0.25) is 0 Å². The number of anilines is 2. The summed E-state index contributed by atoms with van der Waals surface area (Å²) in [4.78, 5) is 21.6. The zero-order chi connectivity index (χ0) is 13.0. The molecule has 0 unspecified atom stereocenters. The maximum absolute atomic E-state index is 10.8. The lowest BCUT2D eigenvalue weighted by Gasteiger charge is -2.08. The molecule has 2 aromatic carbocycles. The van der Waals surface area contributed by atoms with Gasteiger partial charge in [0.1, 0.15) is 12.6 Å². The summed E-state index contributed by atoms with van der Waals surface area (Å²) < 4.78 is 0. The predicted octanol–water partition coefficient (Wildman–Crippen LogP) is 3.36. The molecule has 2 aromatic rings. The molecule has 0 fully saturated rings. The van der Waals surface area contributed by atoms with Crippen LogP contribution in [0.1, 0.15) is 26.3 Å². The van der Waals surface area contributed by atoms with Gasteiger partial charge in [0.25, 0.3) is 0 Å². The molecule has 0 bridgehead atoms. The molecule has 0 atom stereocenters. The zero-order valence-corrected chi connectivity index (χ0v) is 10.0. The van der Waals surface area contributed by atoms with Crippen LogP contribution >= 0.6 is 0 Å². The van der Waals surface area contributed by atoms with Crippen molar-refractivity contribution in [2.45, 2.75) is 6.92 Å². The first-order valence-electron chi connectivity index (χ1n) is 5.60. The van der Waals surface area contributed by atoms with Crippen LogP contribution in [0.3, 0.4) is 0 Å². The lowest BCUT2D eigenvalue weighted by Crippen LogP contribution is -1.94. The monoisotopic (exact) mass is 239 g/mol. The Balaban J connectivity index is 2.30. The summed E-state index contributed by atoms with van der Waals surface area (Å²) in [5.74, 6) is 0. The molecular formula is C15H13NO2. The number of carbonyl (C=O) groups is 2. The highest BCUT2D eigenvalue weighted by atomic mass is 16.1. The van der Waals surface area contributed by atoms with Gasteiger partial charge in [0.2, 0.25) is 0 Å². The Labute approximate surface area is 105 Å². The van der Waals surface area contributed by atoms with Crippen molar-refractivity contribution < 1.29 is 9.59 Å². The summed E-state index contributed by atoms with van der Waals surface area (Å²) in [6.07, 6.45) is 1.46. The van der Waals surface area contributed by atoms with Gasteiger partial charge < -0.3 is 5.32 Å². The smallest absolute Gasteiger partial charge is 0.150 e. The van der Waals surface area contributed by atoms with E-state index in [1.807, 2.05) is 31.2 Å². The quantitative estimate of drug-likeness (QED) is 0.832. The van der Waals surface area contributed by atoms with E-state index in [2.05, 4.69) is 5.32 Å². The molecule has 0 saturated carbocycles. The number of benzene rings is 2. The fourth-order valence-corrected chi connectivity index (χ4v) is 1.69. The lowest BCUT2D eigenvalue weighted by atomic mass is 10.1. The van der Waals surface area contributed by atoms with E-state index in [0.29, 0.717) is 11.1 Å². The standard InChI is InChI=1S/C15H13NO2/c1-11-2-4-14(5-3-11)16-15-7-12(9-17)6-13(8-15)10-18/h2-10,16H,1H3. The van der Waals surface area contributed by atoms with E-state index in [0.717, 1.165) is 23.9 Å². The summed E-state index contributed by atoms with van der Waals surface area (Å²) in [7, 11) is 0. The van der Waals surface area contributed by atoms with Gasteiger partial charge in [-0.3, -0.25) is 9.59 Å². The topological polar surface area (TPSA) is 46.2 Å². The number of aldehydes is 2. The Bertz CT molecular complexity index is 547. The minimum atomic E-state index is 0.481. The molecule has 3 heteroatoms. The van der Waals surface area contributed by atoms with Crippen LogP contribution in [0.15, 0.2) is 42.5 Å². The Kier molecular flexibility index (Phi) is 3.53. The Hall–Kier alpha value is -2.42. The number of hydrogen-bond acceptors (Lipinski definition) is 3. The minimum absolute atomic E-state index is 0.481. The highest BCUT2D eigenvalue weighted by Crippen LogP contribution is 2.19. The van der Waals surface area contributed by atoms with Crippen molar-refractivity contribution >= 4 is 23.9 Å². The first kappa shape index (κ1) is 12.0. The van der Waals surface area contributed by atoms with Crippen LogP contribution in [-0.4, -0.2) is 12.6 Å². The van der Waals surface area contributed by atoms with Crippen LogP contribution < -0.4 is 5.32 Å². The second kappa shape index (κ2) is 5.27. The molecule has 0 amide bonds. The second-order valence-electron chi connectivity index (χ2n) is 4.12. The van der Waals surface area contributed by atoms with Crippen LogP contribution in [0.5, 0.6) is 0 Å². The number of hydrogen-bond donors (Lipinski definition) is 1. The van der Waals surface area contributed by atoms with Gasteiger partial charge in [-0.25, -0.2) is 0 Å². The Morgan fingerprint density at radius 1 is 0.833 bits per heavy atom. The summed E-state index contributed by atoms with van der Waals surface area (Å²) >= 11 is 0. The first-order valence-corrected chi connectivity index (χ1v) is 5.60. The van der Waals surface area contributed by atoms with Gasteiger partial charge in [0.05, 0.1) is 0 Å². The molecule has 1 N–H and O–H groups in total.